The number of hydrogen-bond donors (Lipinski definition) is 1. The Kier molecular flexibility index (Phi) is 5.79. The Morgan fingerprint density at radius 1 is 1.22 bits per heavy atom. The summed E-state index contributed by atoms with van der Waals surface area (Å²) in [4.78, 5) is 29.2. The summed E-state index contributed by atoms with van der Waals surface area (Å²) in [5.41, 5.74) is 4.20. The van der Waals surface area contributed by atoms with Crippen LogP contribution >= 0.6 is 0 Å². The lowest BCUT2D eigenvalue weighted by Gasteiger charge is -2.35. The van der Waals surface area contributed by atoms with Gasteiger partial charge in [0, 0.05) is 36.4 Å². The highest BCUT2D eigenvalue weighted by Crippen LogP contribution is 2.40. The largest absolute Gasteiger partial charge is 0.324 e. The number of carbonyl (C=O) groups excluding carboxylic acids is 2. The van der Waals surface area contributed by atoms with E-state index >= 15 is 0 Å². The summed E-state index contributed by atoms with van der Waals surface area (Å²) in [5, 5.41) is 17.2. The van der Waals surface area contributed by atoms with Gasteiger partial charge in [-0.3, -0.25) is 14.6 Å². The van der Waals surface area contributed by atoms with E-state index < -0.39 is 5.41 Å². The van der Waals surface area contributed by atoms with Crippen LogP contribution in [-0.4, -0.2) is 27.2 Å². The third-order valence-corrected chi connectivity index (χ3v) is 6.52. The van der Waals surface area contributed by atoms with Crippen molar-refractivity contribution in [2.45, 2.75) is 52.9 Å². The Labute approximate surface area is 187 Å². The second-order valence-corrected chi connectivity index (χ2v) is 8.85. The van der Waals surface area contributed by atoms with Gasteiger partial charge in [-0.1, -0.05) is 24.6 Å². The maximum atomic E-state index is 12.9. The fourth-order valence-electron chi connectivity index (χ4n) is 4.61. The molecule has 0 radical (unpaired) electrons. The van der Waals surface area contributed by atoms with Crippen LogP contribution < -0.4 is 5.32 Å². The van der Waals surface area contributed by atoms with E-state index in [0.29, 0.717) is 43.4 Å². The first-order chi connectivity index (χ1) is 15.3. The predicted octanol–water partition coefficient (Wildman–Crippen LogP) is 4.19. The zero-order valence-electron chi connectivity index (χ0n) is 18.7. The van der Waals surface area contributed by atoms with E-state index in [2.05, 4.69) is 21.5 Å². The predicted molar refractivity (Wildman–Crippen MR) is 121 cm³/mol. The van der Waals surface area contributed by atoms with E-state index in [9.17, 15) is 14.9 Å². The van der Waals surface area contributed by atoms with Gasteiger partial charge < -0.3 is 5.32 Å². The maximum Gasteiger partial charge on any atom is 0.258 e. The van der Waals surface area contributed by atoms with Gasteiger partial charge >= 0.3 is 0 Å². The minimum Gasteiger partial charge on any atom is -0.324 e. The zero-order chi connectivity index (χ0) is 22.9. The van der Waals surface area contributed by atoms with Gasteiger partial charge in [0.25, 0.3) is 5.91 Å². The smallest absolute Gasteiger partial charge is 0.258 e. The average molecular weight is 430 g/mol. The molecule has 1 unspecified atom stereocenters. The molecule has 4 rings (SSSR count). The average Bonchev–Trinajstić information content (AvgIpc) is 3.17. The molecular weight excluding hydrogens is 402 g/mol. The van der Waals surface area contributed by atoms with Gasteiger partial charge in [-0.05, 0) is 45.2 Å². The number of aryl methyl sites for hydroxylation is 1. The fraction of sp³-hybridized carbons (Fsp3) is 0.400. The van der Waals surface area contributed by atoms with E-state index in [1.54, 1.807) is 17.1 Å². The number of nitrogens with one attached hydrogen (secondary N) is 1. The molecule has 7 nitrogen and oxygen atoms in total. The second-order valence-electron chi connectivity index (χ2n) is 8.85. The molecule has 2 heterocycles. The summed E-state index contributed by atoms with van der Waals surface area (Å²) in [5.74, 6) is 0.000683. The number of allylic oxidation sites excluding steroid dienone is 1. The normalized spacial score (nSPS) is 20.2. The first kappa shape index (κ1) is 21.7. The second kappa shape index (κ2) is 8.54. The molecule has 32 heavy (non-hydrogen) atoms. The van der Waals surface area contributed by atoms with E-state index in [0.717, 1.165) is 22.7 Å². The molecule has 1 N–H and O–H groups in total. The van der Waals surface area contributed by atoms with Crippen LogP contribution in [0.5, 0.6) is 0 Å². The fourth-order valence-corrected chi connectivity index (χ4v) is 4.61. The molecule has 1 aliphatic carbocycles. The molecule has 0 saturated heterocycles. The van der Waals surface area contributed by atoms with Crippen molar-refractivity contribution in [2.24, 2.45) is 16.3 Å². The van der Waals surface area contributed by atoms with Crippen molar-refractivity contribution in [3.05, 3.63) is 59.2 Å². The van der Waals surface area contributed by atoms with Crippen molar-refractivity contribution < 1.29 is 9.59 Å². The summed E-state index contributed by atoms with van der Waals surface area (Å²) in [6.45, 7) is 5.92. The lowest BCUT2D eigenvalue weighted by molar-refractivity contribution is -0.121. The van der Waals surface area contributed by atoms with Crippen LogP contribution in [0.2, 0.25) is 0 Å². The van der Waals surface area contributed by atoms with Crippen LogP contribution in [-0.2, 0) is 4.79 Å². The molecule has 1 aliphatic heterocycles. The number of nitriles is 1. The Bertz CT molecular complexity index is 1150. The van der Waals surface area contributed by atoms with E-state index in [4.69, 9.17) is 0 Å². The zero-order valence-corrected chi connectivity index (χ0v) is 18.7. The van der Waals surface area contributed by atoms with E-state index in [1.165, 1.54) is 0 Å². The van der Waals surface area contributed by atoms with Crippen molar-refractivity contribution in [3.8, 4) is 11.8 Å². The molecule has 1 aromatic heterocycles. The highest BCUT2D eigenvalue weighted by atomic mass is 16.1. The molecule has 2 aliphatic rings. The molecule has 0 bridgehead atoms. The van der Waals surface area contributed by atoms with Crippen molar-refractivity contribution >= 4 is 17.4 Å². The number of aromatic nitrogens is 2. The Morgan fingerprint density at radius 3 is 2.53 bits per heavy atom. The number of rotatable bonds is 4. The number of aliphatic imine (C=N–C) groups is 1. The standard InChI is InChI=1S/C25H27N5O2/c1-16-4-6-20(7-5-16)30-18(3)22(14-28-30)24(32)29-19-12-17(2)23(27-13-19)25(15-26)10-8-21(31)9-11-25/h4-7,13-14,17H,8-12H2,1-3H3,(H,29,32). The number of carbonyl (C=O) groups is 2. The lowest BCUT2D eigenvalue weighted by atomic mass is 9.67. The number of hydrogen-bond acceptors (Lipinski definition) is 5. The lowest BCUT2D eigenvalue weighted by Crippen LogP contribution is -2.40. The van der Waals surface area contributed by atoms with Crippen LogP contribution in [0.4, 0.5) is 0 Å². The first-order valence-electron chi connectivity index (χ1n) is 11.0. The summed E-state index contributed by atoms with van der Waals surface area (Å²) in [6.07, 6.45) is 5.73. The number of benzene rings is 1. The van der Waals surface area contributed by atoms with Gasteiger partial charge in [-0.2, -0.15) is 10.4 Å². The Hall–Kier alpha value is -3.53. The van der Waals surface area contributed by atoms with Gasteiger partial charge in [0.2, 0.25) is 0 Å². The molecule has 1 saturated carbocycles. The van der Waals surface area contributed by atoms with Crippen molar-refractivity contribution in [2.75, 3.05) is 0 Å². The molecule has 1 aromatic carbocycles. The molecule has 164 valence electrons. The maximum absolute atomic E-state index is 12.9. The van der Waals surface area contributed by atoms with Crippen LogP contribution in [0, 0.1) is 36.5 Å². The van der Waals surface area contributed by atoms with Gasteiger partial charge in [-0.15, -0.1) is 0 Å². The van der Waals surface area contributed by atoms with E-state index in [1.807, 2.05) is 45.0 Å². The third-order valence-electron chi connectivity index (χ3n) is 6.52. The minimum atomic E-state index is -0.675. The third kappa shape index (κ3) is 4.01. The first-order valence-corrected chi connectivity index (χ1v) is 11.0. The quantitative estimate of drug-likeness (QED) is 0.787. The topological polar surface area (TPSA) is 100 Å². The van der Waals surface area contributed by atoms with Crippen LogP contribution in [0.3, 0.4) is 0 Å². The van der Waals surface area contributed by atoms with Crippen LogP contribution in [0.15, 0.2) is 47.4 Å². The van der Waals surface area contributed by atoms with Crippen molar-refractivity contribution in [1.29, 1.82) is 5.26 Å². The summed E-state index contributed by atoms with van der Waals surface area (Å²) in [7, 11) is 0. The van der Waals surface area contributed by atoms with Gasteiger partial charge in [0.15, 0.2) is 0 Å². The Morgan fingerprint density at radius 2 is 1.91 bits per heavy atom. The van der Waals surface area contributed by atoms with Gasteiger partial charge in [0.1, 0.15) is 5.78 Å². The van der Waals surface area contributed by atoms with Crippen LogP contribution in [0.25, 0.3) is 5.69 Å². The summed E-state index contributed by atoms with van der Waals surface area (Å²) in [6, 6.07) is 10.4. The summed E-state index contributed by atoms with van der Waals surface area (Å²) >= 11 is 0. The molecule has 7 heteroatoms. The Balaban J connectivity index is 1.52. The molecule has 0 spiro atoms. The van der Waals surface area contributed by atoms with Gasteiger partial charge in [-0.25, -0.2) is 4.68 Å². The van der Waals surface area contributed by atoms with Gasteiger partial charge in [0.05, 0.1) is 34.6 Å². The molecule has 1 amide bonds. The van der Waals surface area contributed by atoms with Crippen molar-refractivity contribution in [1.82, 2.24) is 15.1 Å². The van der Waals surface area contributed by atoms with Crippen LogP contribution in [0.1, 0.15) is 60.6 Å². The number of amides is 1. The molecule has 2 aromatic rings. The molecular formula is C25H27N5O2. The molecule has 1 atom stereocenters. The van der Waals surface area contributed by atoms with Crippen molar-refractivity contribution in [3.63, 3.8) is 0 Å². The highest BCUT2D eigenvalue weighted by molar-refractivity contribution is 5.99. The number of ketones is 1. The number of Topliss-reactive ketones (excluding diaryl/α,β-unsaturated/α-hetero) is 1. The molecule has 1 fully saturated rings. The summed E-state index contributed by atoms with van der Waals surface area (Å²) < 4.78 is 1.75. The van der Waals surface area contributed by atoms with E-state index in [-0.39, 0.29) is 17.6 Å². The minimum absolute atomic E-state index is 0.0135. The number of nitrogens with zero attached hydrogens (tertiary/aromatic N) is 4. The SMILES string of the molecule is Cc1ccc(-n2ncc(C(=O)NC3=CN=C(C4(C#N)CCC(=O)CC4)C(C)C3)c2C)cc1. The highest BCUT2D eigenvalue weighted by Gasteiger charge is 2.42. The monoisotopic (exact) mass is 429 g/mol.